The first kappa shape index (κ1) is 22.0. The molecule has 3 rings (SSSR count). The molecule has 0 unspecified atom stereocenters. The second-order valence-corrected chi connectivity index (χ2v) is 6.40. The van der Waals surface area contributed by atoms with Gasteiger partial charge in [-0.25, -0.2) is 14.8 Å². The summed E-state index contributed by atoms with van der Waals surface area (Å²) in [7, 11) is 1.34. The standard InChI is InChI=1S/C20H21N5O3.ClH/c1-28-17(26)10-13-6-8-25(9-7-13)20(27)19-23-11-16(12-24-19)14-2-4-15(5-3-14)18(21)22;/h2-5,10-12H,6-9H2,1H3,(H3,21,22);1H. The number of amidine groups is 1. The number of carbonyl (C=O) groups is 2. The van der Waals surface area contributed by atoms with Gasteiger partial charge in [-0.1, -0.05) is 29.8 Å². The van der Waals surface area contributed by atoms with Gasteiger partial charge in [0.2, 0.25) is 5.82 Å². The predicted octanol–water partition coefficient (Wildman–Crippen LogP) is 2.18. The van der Waals surface area contributed by atoms with Crippen LogP contribution in [-0.2, 0) is 9.53 Å². The number of hydrogen-bond acceptors (Lipinski definition) is 6. The van der Waals surface area contributed by atoms with Crippen molar-refractivity contribution in [2.24, 2.45) is 5.73 Å². The molecule has 1 fully saturated rings. The number of benzene rings is 1. The van der Waals surface area contributed by atoms with Crippen LogP contribution in [0.25, 0.3) is 11.1 Å². The highest BCUT2D eigenvalue weighted by Crippen LogP contribution is 2.20. The Morgan fingerprint density at radius 1 is 1.10 bits per heavy atom. The number of carbonyl (C=O) groups excluding carboxylic acids is 2. The lowest BCUT2D eigenvalue weighted by atomic mass is 10.0. The van der Waals surface area contributed by atoms with Crippen molar-refractivity contribution in [1.82, 2.24) is 14.9 Å². The third kappa shape index (κ3) is 5.39. The van der Waals surface area contributed by atoms with E-state index >= 15 is 0 Å². The van der Waals surface area contributed by atoms with Crippen LogP contribution in [0.1, 0.15) is 29.0 Å². The number of nitrogens with zero attached hydrogens (tertiary/aromatic N) is 3. The number of methoxy groups -OCH3 is 1. The van der Waals surface area contributed by atoms with Crippen molar-refractivity contribution in [3.8, 4) is 11.1 Å². The van der Waals surface area contributed by atoms with Crippen molar-refractivity contribution in [3.63, 3.8) is 0 Å². The number of halogens is 1. The Hall–Kier alpha value is -3.26. The molecule has 1 aliphatic rings. The van der Waals surface area contributed by atoms with E-state index in [1.807, 2.05) is 12.1 Å². The molecule has 0 radical (unpaired) electrons. The number of nitrogens with two attached hydrogens (primary N) is 1. The molecule has 1 saturated heterocycles. The molecule has 0 bridgehead atoms. The topological polar surface area (TPSA) is 122 Å². The molecule has 9 heteroatoms. The average molecular weight is 416 g/mol. The summed E-state index contributed by atoms with van der Waals surface area (Å²) in [6.07, 6.45) is 5.96. The van der Waals surface area contributed by atoms with E-state index in [2.05, 4.69) is 14.7 Å². The van der Waals surface area contributed by atoms with Gasteiger partial charge in [-0.05, 0) is 18.4 Å². The van der Waals surface area contributed by atoms with Gasteiger partial charge in [0.1, 0.15) is 5.84 Å². The summed E-state index contributed by atoms with van der Waals surface area (Å²) in [4.78, 5) is 34.0. The molecule has 1 aliphatic heterocycles. The first-order valence-electron chi connectivity index (χ1n) is 8.81. The second kappa shape index (κ2) is 9.79. The van der Waals surface area contributed by atoms with Crippen molar-refractivity contribution in [3.05, 3.63) is 59.7 Å². The molecule has 0 aliphatic carbocycles. The van der Waals surface area contributed by atoms with E-state index in [1.54, 1.807) is 29.4 Å². The molecule has 0 saturated carbocycles. The van der Waals surface area contributed by atoms with Crippen molar-refractivity contribution < 1.29 is 14.3 Å². The molecule has 1 aromatic carbocycles. The van der Waals surface area contributed by atoms with Crippen LogP contribution in [0.2, 0.25) is 0 Å². The fourth-order valence-electron chi connectivity index (χ4n) is 2.94. The summed E-state index contributed by atoms with van der Waals surface area (Å²) in [5.41, 5.74) is 8.72. The summed E-state index contributed by atoms with van der Waals surface area (Å²) >= 11 is 0. The van der Waals surface area contributed by atoms with Crippen molar-refractivity contribution in [2.45, 2.75) is 12.8 Å². The highest BCUT2D eigenvalue weighted by atomic mass is 35.5. The average Bonchev–Trinajstić information content (AvgIpc) is 2.74. The lowest BCUT2D eigenvalue weighted by molar-refractivity contribution is -0.134. The molecule has 8 nitrogen and oxygen atoms in total. The molecule has 3 N–H and O–H groups in total. The van der Waals surface area contributed by atoms with Gasteiger partial charge >= 0.3 is 5.97 Å². The highest BCUT2D eigenvalue weighted by molar-refractivity contribution is 5.95. The quantitative estimate of drug-likeness (QED) is 0.341. The largest absolute Gasteiger partial charge is 0.466 e. The van der Waals surface area contributed by atoms with E-state index in [9.17, 15) is 9.59 Å². The Balaban J connectivity index is 0.00000300. The van der Waals surface area contributed by atoms with Gasteiger partial charge < -0.3 is 15.4 Å². The minimum absolute atomic E-state index is 0. The lowest BCUT2D eigenvalue weighted by Gasteiger charge is -2.27. The number of likely N-dealkylation sites (tertiary alicyclic amines) is 1. The lowest BCUT2D eigenvalue weighted by Crippen LogP contribution is -2.37. The Kier molecular flexibility index (Phi) is 7.44. The molecule has 152 valence electrons. The Morgan fingerprint density at radius 3 is 2.21 bits per heavy atom. The van der Waals surface area contributed by atoms with Crippen LogP contribution in [-0.4, -0.2) is 52.8 Å². The van der Waals surface area contributed by atoms with Gasteiger partial charge in [-0.2, -0.15) is 0 Å². The van der Waals surface area contributed by atoms with E-state index < -0.39 is 0 Å². The van der Waals surface area contributed by atoms with Gasteiger partial charge in [-0.3, -0.25) is 10.2 Å². The number of aromatic nitrogens is 2. The molecule has 2 heterocycles. The van der Waals surface area contributed by atoms with E-state index in [-0.39, 0.29) is 35.9 Å². The van der Waals surface area contributed by atoms with Gasteiger partial charge in [-0.15, -0.1) is 12.4 Å². The second-order valence-electron chi connectivity index (χ2n) is 6.40. The SMILES string of the molecule is COC(=O)C=C1CCN(C(=O)c2ncc(-c3ccc(C(=N)N)cc3)cn2)CC1.Cl. The monoisotopic (exact) mass is 415 g/mol. The van der Waals surface area contributed by atoms with E-state index in [0.717, 1.165) is 16.7 Å². The minimum atomic E-state index is -0.370. The summed E-state index contributed by atoms with van der Waals surface area (Å²) in [6, 6.07) is 7.17. The Labute approximate surface area is 174 Å². The van der Waals surface area contributed by atoms with Crippen LogP contribution >= 0.6 is 12.4 Å². The zero-order valence-corrected chi connectivity index (χ0v) is 16.7. The third-order valence-corrected chi connectivity index (χ3v) is 4.59. The number of esters is 1. The summed E-state index contributed by atoms with van der Waals surface area (Å²) < 4.78 is 4.63. The van der Waals surface area contributed by atoms with E-state index in [4.69, 9.17) is 11.1 Å². The summed E-state index contributed by atoms with van der Waals surface area (Å²) in [6.45, 7) is 1.03. The summed E-state index contributed by atoms with van der Waals surface area (Å²) in [5, 5.41) is 7.42. The van der Waals surface area contributed by atoms with Gasteiger partial charge in [0.15, 0.2) is 0 Å². The number of ether oxygens (including phenoxy) is 1. The minimum Gasteiger partial charge on any atom is -0.466 e. The molecular formula is C20H22ClN5O3. The van der Waals surface area contributed by atoms with Gasteiger partial charge in [0.25, 0.3) is 5.91 Å². The van der Waals surface area contributed by atoms with Gasteiger partial charge in [0, 0.05) is 42.7 Å². The number of nitrogens with one attached hydrogen (secondary N) is 1. The molecule has 2 aromatic rings. The maximum atomic E-state index is 12.6. The fourth-order valence-corrected chi connectivity index (χ4v) is 2.94. The van der Waals surface area contributed by atoms with Crippen LogP contribution in [0, 0.1) is 5.41 Å². The summed E-state index contributed by atoms with van der Waals surface area (Å²) in [5.74, 6) is -0.444. The van der Waals surface area contributed by atoms with Crippen LogP contribution in [0.4, 0.5) is 0 Å². The van der Waals surface area contributed by atoms with E-state index in [0.29, 0.717) is 31.5 Å². The maximum Gasteiger partial charge on any atom is 0.330 e. The number of rotatable bonds is 4. The van der Waals surface area contributed by atoms with Crippen molar-refractivity contribution in [1.29, 1.82) is 5.41 Å². The Bertz CT molecular complexity index is 916. The van der Waals surface area contributed by atoms with Crippen LogP contribution < -0.4 is 5.73 Å². The zero-order chi connectivity index (χ0) is 20.1. The first-order valence-corrected chi connectivity index (χ1v) is 8.81. The molecule has 0 spiro atoms. The van der Waals surface area contributed by atoms with Crippen LogP contribution in [0.15, 0.2) is 48.3 Å². The molecular weight excluding hydrogens is 394 g/mol. The van der Waals surface area contributed by atoms with Crippen molar-refractivity contribution >= 4 is 30.1 Å². The van der Waals surface area contributed by atoms with E-state index in [1.165, 1.54) is 13.2 Å². The van der Waals surface area contributed by atoms with Crippen LogP contribution in [0.3, 0.4) is 0 Å². The molecule has 29 heavy (non-hydrogen) atoms. The molecule has 0 atom stereocenters. The van der Waals surface area contributed by atoms with Crippen LogP contribution in [0.5, 0.6) is 0 Å². The molecule has 1 amide bonds. The smallest absolute Gasteiger partial charge is 0.330 e. The third-order valence-electron chi connectivity index (χ3n) is 4.59. The fraction of sp³-hybridized carbons (Fsp3) is 0.250. The van der Waals surface area contributed by atoms with Gasteiger partial charge in [0.05, 0.1) is 7.11 Å². The first-order chi connectivity index (χ1) is 13.5. The number of hydrogen-bond donors (Lipinski definition) is 2. The maximum absolute atomic E-state index is 12.6. The normalized spacial score (nSPS) is 13.3. The zero-order valence-electron chi connectivity index (χ0n) is 15.9. The highest BCUT2D eigenvalue weighted by Gasteiger charge is 2.22. The number of amides is 1. The Morgan fingerprint density at radius 2 is 1.69 bits per heavy atom. The molecule has 1 aromatic heterocycles. The number of piperidine rings is 1. The van der Waals surface area contributed by atoms with Crippen molar-refractivity contribution in [2.75, 3.05) is 20.2 Å². The number of nitrogen functional groups attached to an aromatic ring is 1. The predicted molar refractivity (Wildman–Crippen MR) is 111 cm³/mol.